The number of ketones is 1. The number of hydrogen-bond acceptors (Lipinski definition) is 4. The summed E-state index contributed by atoms with van der Waals surface area (Å²) in [7, 11) is 0. The van der Waals surface area contributed by atoms with E-state index in [1.807, 2.05) is 0 Å². The molecule has 0 saturated heterocycles. The molecule has 2 heterocycles. The Balaban J connectivity index is 2.43. The van der Waals surface area contributed by atoms with Crippen LogP contribution < -0.4 is 5.73 Å². The van der Waals surface area contributed by atoms with E-state index < -0.39 is 22.8 Å². The first-order valence-electron chi connectivity index (χ1n) is 5.90. The van der Waals surface area contributed by atoms with Crippen LogP contribution in [0.1, 0.15) is 30.0 Å². The van der Waals surface area contributed by atoms with Gasteiger partial charge in [0.1, 0.15) is 17.3 Å². The standard InChI is InChI=1S/C14H13F2N3O/c1-14(2,12-10(16)5-8(15)6-19-12)13(20)11-4-3-9(17)7-18-11/h3-7H,17H2,1-2H3. The summed E-state index contributed by atoms with van der Waals surface area (Å²) in [6.07, 6.45) is 2.22. The van der Waals surface area contributed by atoms with E-state index in [1.165, 1.54) is 32.2 Å². The van der Waals surface area contributed by atoms with Crippen LogP contribution >= 0.6 is 0 Å². The SMILES string of the molecule is CC(C)(C(=O)c1ccc(N)cn1)c1ncc(F)cc1F. The number of carbonyl (C=O) groups excluding carboxylic acids is 1. The molecule has 0 bridgehead atoms. The minimum atomic E-state index is -1.26. The Bertz CT molecular complexity index is 654. The predicted molar refractivity (Wildman–Crippen MR) is 70.2 cm³/mol. The summed E-state index contributed by atoms with van der Waals surface area (Å²) in [6.45, 7) is 3.02. The van der Waals surface area contributed by atoms with Crippen LogP contribution in [0.4, 0.5) is 14.5 Å². The summed E-state index contributed by atoms with van der Waals surface area (Å²) < 4.78 is 26.7. The number of hydrogen-bond donors (Lipinski definition) is 1. The van der Waals surface area contributed by atoms with Crippen molar-refractivity contribution in [1.82, 2.24) is 9.97 Å². The van der Waals surface area contributed by atoms with Crippen LogP contribution in [0.3, 0.4) is 0 Å². The fourth-order valence-corrected chi connectivity index (χ4v) is 1.84. The highest BCUT2D eigenvalue weighted by Crippen LogP contribution is 2.28. The maximum Gasteiger partial charge on any atom is 0.192 e. The maximum absolute atomic E-state index is 13.8. The van der Waals surface area contributed by atoms with Gasteiger partial charge in [-0.1, -0.05) is 0 Å². The van der Waals surface area contributed by atoms with Crippen molar-refractivity contribution in [3.8, 4) is 0 Å². The van der Waals surface area contributed by atoms with Crippen LogP contribution in [0.25, 0.3) is 0 Å². The Kier molecular flexibility index (Phi) is 3.48. The van der Waals surface area contributed by atoms with Crippen molar-refractivity contribution in [2.45, 2.75) is 19.3 Å². The maximum atomic E-state index is 13.8. The van der Waals surface area contributed by atoms with E-state index in [1.54, 1.807) is 0 Å². The van der Waals surface area contributed by atoms with Crippen LogP contribution in [0.5, 0.6) is 0 Å². The van der Waals surface area contributed by atoms with Crippen molar-refractivity contribution in [2.24, 2.45) is 0 Å². The molecule has 0 aliphatic rings. The number of Topliss-reactive ketones (excluding diaryl/α,β-unsaturated/α-hetero) is 1. The number of aromatic nitrogens is 2. The molecule has 104 valence electrons. The summed E-state index contributed by atoms with van der Waals surface area (Å²) in [5.74, 6) is -2.07. The molecular weight excluding hydrogens is 264 g/mol. The normalized spacial score (nSPS) is 11.4. The molecule has 0 aromatic carbocycles. The van der Waals surface area contributed by atoms with Crippen molar-refractivity contribution < 1.29 is 13.6 Å². The highest BCUT2D eigenvalue weighted by molar-refractivity contribution is 6.01. The number of nitrogens with two attached hydrogens (primary N) is 1. The Morgan fingerprint density at radius 3 is 2.45 bits per heavy atom. The third kappa shape index (κ3) is 2.49. The highest BCUT2D eigenvalue weighted by Gasteiger charge is 2.35. The van der Waals surface area contributed by atoms with Crippen molar-refractivity contribution in [1.29, 1.82) is 0 Å². The average Bonchev–Trinajstić information content (AvgIpc) is 2.38. The zero-order valence-corrected chi connectivity index (χ0v) is 11.0. The zero-order valence-electron chi connectivity index (χ0n) is 11.0. The Labute approximate surface area is 114 Å². The molecule has 0 spiro atoms. The molecule has 2 rings (SSSR count). The predicted octanol–water partition coefficient (Wildman–Crippen LogP) is 2.50. The number of rotatable bonds is 3. The van der Waals surface area contributed by atoms with Crippen molar-refractivity contribution in [3.05, 3.63) is 53.6 Å². The van der Waals surface area contributed by atoms with E-state index in [4.69, 9.17) is 5.73 Å². The molecule has 0 radical (unpaired) electrons. The molecule has 0 aliphatic heterocycles. The number of nitrogens with zero attached hydrogens (tertiary/aromatic N) is 2. The molecule has 2 N–H and O–H groups in total. The Morgan fingerprint density at radius 1 is 1.20 bits per heavy atom. The van der Waals surface area contributed by atoms with Crippen LogP contribution in [0.2, 0.25) is 0 Å². The third-order valence-corrected chi connectivity index (χ3v) is 2.99. The van der Waals surface area contributed by atoms with Crippen molar-refractivity contribution in [3.63, 3.8) is 0 Å². The first kappa shape index (κ1) is 14.0. The average molecular weight is 277 g/mol. The van der Waals surface area contributed by atoms with Gasteiger partial charge >= 0.3 is 0 Å². The summed E-state index contributed by atoms with van der Waals surface area (Å²) in [6, 6.07) is 3.69. The molecule has 20 heavy (non-hydrogen) atoms. The topological polar surface area (TPSA) is 68.9 Å². The van der Waals surface area contributed by atoms with Crippen molar-refractivity contribution in [2.75, 3.05) is 5.73 Å². The molecule has 2 aromatic heterocycles. The molecule has 0 aliphatic carbocycles. The van der Waals surface area contributed by atoms with Gasteiger partial charge in [0.05, 0.1) is 29.2 Å². The minimum absolute atomic E-state index is 0.123. The van der Waals surface area contributed by atoms with E-state index in [2.05, 4.69) is 9.97 Å². The lowest BCUT2D eigenvalue weighted by molar-refractivity contribution is 0.0897. The van der Waals surface area contributed by atoms with Gasteiger partial charge in [-0.15, -0.1) is 0 Å². The fraction of sp³-hybridized carbons (Fsp3) is 0.214. The number of carbonyl (C=O) groups is 1. The first-order chi connectivity index (χ1) is 9.32. The summed E-state index contributed by atoms with van der Waals surface area (Å²) in [4.78, 5) is 20.0. The molecule has 0 amide bonds. The van der Waals surface area contributed by atoms with Gasteiger partial charge in [-0.05, 0) is 26.0 Å². The third-order valence-electron chi connectivity index (χ3n) is 2.99. The van der Waals surface area contributed by atoms with Gasteiger partial charge in [0.25, 0.3) is 0 Å². The first-order valence-corrected chi connectivity index (χ1v) is 5.90. The van der Waals surface area contributed by atoms with Gasteiger partial charge in [-0.25, -0.2) is 8.78 Å². The number of nitrogen functional groups attached to an aromatic ring is 1. The van der Waals surface area contributed by atoms with E-state index in [9.17, 15) is 13.6 Å². The quantitative estimate of drug-likeness (QED) is 0.875. The Hall–Kier alpha value is -2.37. The van der Waals surface area contributed by atoms with Gasteiger partial charge in [0, 0.05) is 6.07 Å². The lowest BCUT2D eigenvalue weighted by Crippen LogP contribution is -2.32. The van der Waals surface area contributed by atoms with Crippen molar-refractivity contribution >= 4 is 11.5 Å². The van der Waals surface area contributed by atoms with Crippen LogP contribution in [-0.4, -0.2) is 15.8 Å². The summed E-state index contributed by atoms with van der Waals surface area (Å²) >= 11 is 0. The Morgan fingerprint density at radius 2 is 1.90 bits per heavy atom. The molecule has 0 unspecified atom stereocenters. The van der Waals surface area contributed by atoms with Gasteiger partial charge in [0.2, 0.25) is 0 Å². The molecular formula is C14H13F2N3O. The van der Waals surface area contributed by atoms with Crippen LogP contribution in [0.15, 0.2) is 30.6 Å². The number of pyridine rings is 2. The monoisotopic (exact) mass is 277 g/mol. The van der Waals surface area contributed by atoms with Gasteiger partial charge in [-0.2, -0.15) is 0 Å². The fourth-order valence-electron chi connectivity index (χ4n) is 1.84. The van der Waals surface area contributed by atoms with E-state index >= 15 is 0 Å². The minimum Gasteiger partial charge on any atom is -0.397 e. The number of halogens is 2. The molecule has 4 nitrogen and oxygen atoms in total. The molecule has 6 heteroatoms. The number of anilines is 1. The second-order valence-electron chi connectivity index (χ2n) is 4.91. The van der Waals surface area contributed by atoms with Gasteiger partial charge in [-0.3, -0.25) is 14.8 Å². The molecule has 0 fully saturated rings. The molecule has 2 aromatic rings. The molecule has 0 saturated carbocycles. The van der Waals surface area contributed by atoms with E-state index in [-0.39, 0.29) is 11.4 Å². The largest absolute Gasteiger partial charge is 0.397 e. The van der Waals surface area contributed by atoms with E-state index in [0.717, 1.165) is 6.20 Å². The summed E-state index contributed by atoms with van der Waals surface area (Å²) in [5.41, 5.74) is 4.68. The summed E-state index contributed by atoms with van der Waals surface area (Å²) in [5, 5.41) is 0. The van der Waals surface area contributed by atoms with Gasteiger partial charge in [0.15, 0.2) is 5.78 Å². The highest BCUT2D eigenvalue weighted by atomic mass is 19.1. The van der Waals surface area contributed by atoms with Gasteiger partial charge < -0.3 is 5.73 Å². The van der Waals surface area contributed by atoms with E-state index in [0.29, 0.717) is 11.8 Å². The van der Waals surface area contributed by atoms with Crippen LogP contribution in [-0.2, 0) is 5.41 Å². The lowest BCUT2D eigenvalue weighted by atomic mass is 9.82. The second kappa shape index (κ2) is 4.96. The lowest BCUT2D eigenvalue weighted by Gasteiger charge is -2.22. The smallest absolute Gasteiger partial charge is 0.192 e. The van der Waals surface area contributed by atoms with Crippen LogP contribution in [0, 0.1) is 11.6 Å². The second-order valence-corrected chi connectivity index (χ2v) is 4.91. The zero-order chi connectivity index (χ0) is 14.9. The molecule has 0 atom stereocenters.